The van der Waals surface area contributed by atoms with Gasteiger partial charge in [0.15, 0.2) is 0 Å². The molecule has 0 bridgehead atoms. The van der Waals surface area contributed by atoms with Crippen LogP contribution in [0, 0.1) is 0 Å². The third-order valence-corrected chi connectivity index (χ3v) is 5.37. The minimum Gasteiger partial charge on any atom is -0.445 e. The summed E-state index contributed by atoms with van der Waals surface area (Å²) in [4.78, 5) is 24.9. The van der Waals surface area contributed by atoms with Crippen molar-refractivity contribution < 1.29 is 19.1 Å². The highest BCUT2D eigenvalue weighted by atomic mass is 16.6. The maximum Gasteiger partial charge on any atom is 0.435 e. The number of amides is 1. The SMILES string of the molecule is CC(C)(C)OC(=O)n1nc(C2CC2)c2c1CCC(NC(=O)OCc1ccccc1)C2. The molecule has 0 spiro atoms. The maximum atomic E-state index is 12.7. The van der Waals surface area contributed by atoms with E-state index in [1.165, 1.54) is 4.68 Å². The first kappa shape index (κ1) is 20.4. The molecule has 2 aliphatic carbocycles. The number of carbonyl (C=O) groups excluding carboxylic acids is 2. The van der Waals surface area contributed by atoms with Crippen LogP contribution in [0.1, 0.15) is 68.5 Å². The van der Waals surface area contributed by atoms with E-state index < -0.39 is 17.8 Å². The Morgan fingerprint density at radius 2 is 1.90 bits per heavy atom. The summed E-state index contributed by atoms with van der Waals surface area (Å²) in [6.07, 6.45) is 3.39. The molecule has 7 nitrogen and oxygen atoms in total. The van der Waals surface area contributed by atoms with Gasteiger partial charge < -0.3 is 14.8 Å². The number of rotatable bonds is 4. The minimum absolute atomic E-state index is 0.0328. The van der Waals surface area contributed by atoms with Gasteiger partial charge in [0.1, 0.15) is 12.2 Å². The fraction of sp³-hybridized carbons (Fsp3) is 0.522. The highest BCUT2D eigenvalue weighted by Gasteiger charge is 2.36. The third kappa shape index (κ3) is 4.83. The normalized spacial score (nSPS) is 18.4. The molecule has 1 aromatic carbocycles. The van der Waals surface area contributed by atoms with Crippen LogP contribution < -0.4 is 5.32 Å². The van der Waals surface area contributed by atoms with E-state index in [9.17, 15) is 9.59 Å². The number of nitrogens with zero attached hydrogens (tertiary/aromatic N) is 2. The molecule has 1 heterocycles. The lowest BCUT2D eigenvalue weighted by Crippen LogP contribution is -2.39. The van der Waals surface area contributed by atoms with Crippen molar-refractivity contribution in [2.75, 3.05) is 0 Å². The molecule has 1 saturated carbocycles. The molecule has 30 heavy (non-hydrogen) atoms. The fourth-order valence-electron chi connectivity index (χ4n) is 3.84. The van der Waals surface area contributed by atoms with E-state index in [0.29, 0.717) is 18.8 Å². The molecular formula is C23H29N3O4. The molecule has 1 N–H and O–H groups in total. The van der Waals surface area contributed by atoms with Gasteiger partial charge in [-0.1, -0.05) is 30.3 Å². The minimum atomic E-state index is -0.572. The number of hydrogen-bond acceptors (Lipinski definition) is 5. The monoisotopic (exact) mass is 411 g/mol. The van der Waals surface area contributed by atoms with Crippen molar-refractivity contribution >= 4 is 12.2 Å². The lowest BCUT2D eigenvalue weighted by atomic mass is 9.90. The quantitative estimate of drug-likeness (QED) is 0.810. The predicted octanol–water partition coefficient (Wildman–Crippen LogP) is 4.33. The van der Waals surface area contributed by atoms with Crippen LogP contribution in [0.3, 0.4) is 0 Å². The molecule has 1 aromatic heterocycles. The van der Waals surface area contributed by atoms with Crippen molar-refractivity contribution in [3.8, 4) is 0 Å². The Kier molecular flexibility index (Phi) is 5.54. The van der Waals surface area contributed by atoms with Crippen molar-refractivity contribution in [2.24, 2.45) is 0 Å². The summed E-state index contributed by atoms with van der Waals surface area (Å²) < 4.78 is 12.3. The number of carbonyl (C=O) groups is 2. The summed E-state index contributed by atoms with van der Waals surface area (Å²) in [5, 5.41) is 7.60. The standard InChI is InChI=1S/C23H29N3O4/c1-23(2,3)30-22(28)26-19-12-11-17(13-18(19)20(25-26)16-9-10-16)24-21(27)29-14-15-7-5-4-6-8-15/h4-8,16-17H,9-14H2,1-3H3,(H,24,27). The van der Waals surface area contributed by atoms with Crippen molar-refractivity contribution in [1.82, 2.24) is 15.1 Å². The van der Waals surface area contributed by atoms with E-state index in [1.54, 1.807) is 0 Å². The Hall–Kier alpha value is -2.83. The van der Waals surface area contributed by atoms with Gasteiger partial charge in [-0.25, -0.2) is 9.59 Å². The van der Waals surface area contributed by atoms with Crippen molar-refractivity contribution in [2.45, 2.75) is 77.0 Å². The first-order chi connectivity index (χ1) is 14.3. The first-order valence-corrected chi connectivity index (χ1v) is 10.6. The summed E-state index contributed by atoms with van der Waals surface area (Å²) in [5.74, 6) is 0.409. The molecule has 1 atom stereocenters. The van der Waals surface area contributed by atoms with E-state index in [1.807, 2.05) is 51.1 Å². The van der Waals surface area contributed by atoms with E-state index in [-0.39, 0.29) is 12.6 Å². The third-order valence-electron chi connectivity index (χ3n) is 5.37. The number of fused-ring (bicyclic) bond motifs is 1. The first-order valence-electron chi connectivity index (χ1n) is 10.6. The average molecular weight is 412 g/mol. The molecule has 2 aliphatic rings. The van der Waals surface area contributed by atoms with Crippen LogP contribution in [0.2, 0.25) is 0 Å². The molecular weight excluding hydrogens is 382 g/mol. The van der Waals surface area contributed by atoms with Crippen LogP contribution in [0.4, 0.5) is 9.59 Å². The highest BCUT2D eigenvalue weighted by molar-refractivity contribution is 5.72. The van der Waals surface area contributed by atoms with Crippen molar-refractivity contribution in [3.63, 3.8) is 0 Å². The average Bonchev–Trinajstić information content (AvgIpc) is 3.46. The van der Waals surface area contributed by atoms with Gasteiger partial charge in [0.05, 0.1) is 11.4 Å². The van der Waals surface area contributed by atoms with Gasteiger partial charge in [-0.15, -0.1) is 0 Å². The molecule has 0 aliphatic heterocycles. The van der Waals surface area contributed by atoms with Crippen molar-refractivity contribution in [3.05, 3.63) is 52.8 Å². The zero-order chi connectivity index (χ0) is 21.3. The molecule has 1 unspecified atom stereocenters. The molecule has 0 saturated heterocycles. The van der Waals surface area contributed by atoms with Crippen LogP contribution in [-0.2, 0) is 28.9 Å². The van der Waals surface area contributed by atoms with Gasteiger partial charge in [-0.3, -0.25) is 0 Å². The molecule has 0 radical (unpaired) electrons. The second kappa shape index (κ2) is 8.13. The summed E-state index contributed by atoms with van der Waals surface area (Å²) >= 11 is 0. The molecule has 1 amide bonds. The molecule has 7 heteroatoms. The highest BCUT2D eigenvalue weighted by Crippen LogP contribution is 2.43. The van der Waals surface area contributed by atoms with Crippen LogP contribution in [0.25, 0.3) is 0 Å². The number of benzene rings is 1. The number of hydrogen-bond donors (Lipinski definition) is 1. The van der Waals surface area contributed by atoms with Crippen molar-refractivity contribution in [1.29, 1.82) is 0 Å². The van der Waals surface area contributed by atoms with Gasteiger partial charge in [-0.05, 0) is 64.0 Å². The lowest BCUT2D eigenvalue weighted by Gasteiger charge is -2.25. The zero-order valence-corrected chi connectivity index (χ0v) is 17.8. The summed E-state index contributed by atoms with van der Waals surface area (Å²) in [5.41, 5.74) is 3.37. The summed E-state index contributed by atoms with van der Waals surface area (Å²) in [6.45, 7) is 5.80. The molecule has 2 aromatic rings. The lowest BCUT2D eigenvalue weighted by molar-refractivity contribution is 0.0507. The maximum absolute atomic E-state index is 12.7. The Labute approximate surface area is 176 Å². The van der Waals surface area contributed by atoms with Gasteiger partial charge in [-0.2, -0.15) is 9.78 Å². The van der Waals surface area contributed by atoms with Gasteiger partial charge >= 0.3 is 12.2 Å². The number of ether oxygens (including phenoxy) is 2. The van der Waals surface area contributed by atoms with E-state index in [4.69, 9.17) is 9.47 Å². The summed E-state index contributed by atoms with van der Waals surface area (Å²) in [6, 6.07) is 9.58. The Balaban J connectivity index is 1.43. The Morgan fingerprint density at radius 3 is 2.57 bits per heavy atom. The summed E-state index contributed by atoms with van der Waals surface area (Å²) in [7, 11) is 0. The zero-order valence-electron chi connectivity index (χ0n) is 17.8. The van der Waals surface area contributed by atoms with Crippen LogP contribution in [0.5, 0.6) is 0 Å². The Morgan fingerprint density at radius 1 is 1.17 bits per heavy atom. The van der Waals surface area contributed by atoms with Crippen LogP contribution in [-0.4, -0.2) is 33.6 Å². The largest absolute Gasteiger partial charge is 0.445 e. The molecule has 4 rings (SSSR count). The van der Waals surface area contributed by atoms with Crippen LogP contribution in [0.15, 0.2) is 30.3 Å². The second-order valence-corrected chi connectivity index (χ2v) is 9.12. The van der Waals surface area contributed by atoms with E-state index in [2.05, 4.69) is 10.4 Å². The number of nitrogens with one attached hydrogen (secondary N) is 1. The number of alkyl carbamates (subject to hydrolysis) is 1. The second-order valence-electron chi connectivity index (χ2n) is 9.12. The van der Waals surface area contributed by atoms with E-state index >= 15 is 0 Å². The van der Waals surface area contributed by atoms with E-state index in [0.717, 1.165) is 41.8 Å². The van der Waals surface area contributed by atoms with Gasteiger partial charge in [0, 0.05) is 12.0 Å². The Bertz CT molecular complexity index is 926. The van der Waals surface area contributed by atoms with Gasteiger partial charge in [0.25, 0.3) is 0 Å². The number of aromatic nitrogens is 2. The topological polar surface area (TPSA) is 82.5 Å². The predicted molar refractivity (Wildman–Crippen MR) is 111 cm³/mol. The van der Waals surface area contributed by atoms with Crippen LogP contribution >= 0.6 is 0 Å². The molecule has 1 fully saturated rings. The molecule has 160 valence electrons. The fourth-order valence-corrected chi connectivity index (χ4v) is 3.84. The van der Waals surface area contributed by atoms with Gasteiger partial charge in [0.2, 0.25) is 0 Å². The smallest absolute Gasteiger partial charge is 0.435 e.